The van der Waals surface area contributed by atoms with Gasteiger partial charge in [0, 0.05) is 18.5 Å². The molecule has 5 nitrogen and oxygen atoms in total. The molecule has 22 heavy (non-hydrogen) atoms. The lowest BCUT2D eigenvalue weighted by atomic mass is 10.1. The van der Waals surface area contributed by atoms with Gasteiger partial charge in [0.2, 0.25) is 15.9 Å². The van der Waals surface area contributed by atoms with Gasteiger partial charge in [-0.25, -0.2) is 8.42 Å². The van der Waals surface area contributed by atoms with E-state index in [2.05, 4.69) is 5.32 Å². The van der Waals surface area contributed by atoms with Gasteiger partial charge in [0.25, 0.3) is 0 Å². The monoisotopic (exact) mass is 358 g/mol. The van der Waals surface area contributed by atoms with Gasteiger partial charge in [-0.15, -0.1) is 0 Å². The minimum absolute atomic E-state index is 0.123. The van der Waals surface area contributed by atoms with Crippen molar-refractivity contribution in [1.29, 1.82) is 0 Å². The van der Waals surface area contributed by atoms with Crippen LogP contribution >= 0.6 is 11.6 Å². The zero-order chi connectivity index (χ0) is 17.1. The third-order valence-corrected chi connectivity index (χ3v) is 4.04. The van der Waals surface area contributed by atoms with Crippen molar-refractivity contribution in [2.45, 2.75) is 13.1 Å². The van der Waals surface area contributed by atoms with E-state index in [-0.39, 0.29) is 18.1 Å². The average molecular weight is 359 g/mol. The summed E-state index contributed by atoms with van der Waals surface area (Å²) >= 11 is 5.56. The van der Waals surface area contributed by atoms with Crippen LogP contribution in [0.5, 0.6) is 0 Å². The van der Waals surface area contributed by atoms with Gasteiger partial charge in [-0.3, -0.25) is 9.10 Å². The Labute approximate surface area is 131 Å². The van der Waals surface area contributed by atoms with Crippen LogP contribution in [0.3, 0.4) is 0 Å². The molecule has 1 N–H and O–H groups in total. The molecule has 0 aromatic heterocycles. The largest absolute Gasteiger partial charge is 0.418 e. The van der Waals surface area contributed by atoms with E-state index in [0.717, 1.165) is 12.3 Å². The number of benzene rings is 1. The summed E-state index contributed by atoms with van der Waals surface area (Å²) in [4.78, 5) is 10.8. The molecule has 124 valence electrons. The van der Waals surface area contributed by atoms with Crippen LogP contribution in [0.1, 0.15) is 12.5 Å². The highest BCUT2D eigenvalue weighted by molar-refractivity contribution is 7.92. The van der Waals surface area contributed by atoms with Crippen LogP contribution in [-0.2, 0) is 21.0 Å². The lowest BCUT2D eigenvalue weighted by Gasteiger charge is -2.25. The quantitative estimate of drug-likeness (QED) is 0.878. The zero-order valence-corrected chi connectivity index (χ0v) is 13.3. The van der Waals surface area contributed by atoms with Gasteiger partial charge in [-0.2, -0.15) is 13.2 Å². The smallest absolute Gasteiger partial charge is 0.355 e. The van der Waals surface area contributed by atoms with Gasteiger partial charge >= 0.3 is 6.18 Å². The molecule has 1 aromatic rings. The van der Waals surface area contributed by atoms with Gasteiger partial charge in [-0.05, 0) is 18.2 Å². The molecule has 0 saturated heterocycles. The number of halogens is 4. The summed E-state index contributed by atoms with van der Waals surface area (Å²) in [5, 5.41) is 2.17. The first-order valence-electron chi connectivity index (χ1n) is 6.02. The molecule has 1 rings (SSSR count). The molecule has 0 atom stereocenters. The Morgan fingerprint density at radius 2 is 1.95 bits per heavy atom. The normalized spacial score (nSPS) is 12.1. The first-order valence-corrected chi connectivity index (χ1v) is 8.24. The van der Waals surface area contributed by atoms with E-state index < -0.39 is 33.4 Å². The van der Waals surface area contributed by atoms with Crippen LogP contribution < -0.4 is 9.62 Å². The first kappa shape index (κ1) is 18.6. The Kier molecular flexibility index (Phi) is 5.69. The highest BCUT2D eigenvalue weighted by atomic mass is 35.5. The fourth-order valence-corrected chi connectivity index (χ4v) is 2.86. The number of carbonyl (C=O) groups is 1. The Morgan fingerprint density at radius 3 is 2.41 bits per heavy atom. The van der Waals surface area contributed by atoms with Gasteiger partial charge in [0.1, 0.15) is 0 Å². The maximum atomic E-state index is 13.1. The summed E-state index contributed by atoms with van der Waals surface area (Å²) in [7, 11) is -3.97. The van der Waals surface area contributed by atoms with Crippen LogP contribution in [0.4, 0.5) is 18.9 Å². The molecule has 0 aliphatic rings. The summed E-state index contributed by atoms with van der Waals surface area (Å²) < 4.78 is 63.4. The molecule has 0 radical (unpaired) electrons. The number of alkyl halides is 3. The van der Waals surface area contributed by atoms with E-state index in [1.807, 2.05) is 0 Å². The summed E-state index contributed by atoms with van der Waals surface area (Å²) in [5.41, 5.74) is -1.70. The minimum Gasteiger partial charge on any atom is -0.355 e. The number of hydrogen-bond acceptors (Lipinski definition) is 3. The van der Waals surface area contributed by atoms with E-state index in [9.17, 15) is 26.4 Å². The van der Waals surface area contributed by atoms with Crippen LogP contribution in [-0.4, -0.2) is 33.7 Å². The van der Waals surface area contributed by atoms with E-state index in [0.29, 0.717) is 10.4 Å². The zero-order valence-electron chi connectivity index (χ0n) is 11.7. The predicted molar refractivity (Wildman–Crippen MR) is 77.3 cm³/mol. The molecule has 0 fully saturated rings. The number of sulfonamides is 1. The van der Waals surface area contributed by atoms with Crippen molar-refractivity contribution in [3.63, 3.8) is 0 Å². The maximum Gasteiger partial charge on any atom is 0.418 e. The van der Waals surface area contributed by atoms with Gasteiger partial charge < -0.3 is 5.32 Å². The molecule has 1 aromatic carbocycles. The van der Waals surface area contributed by atoms with E-state index in [1.54, 1.807) is 0 Å². The Balaban J connectivity index is 3.29. The lowest BCUT2D eigenvalue weighted by Crippen LogP contribution is -2.38. The van der Waals surface area contributed by atoms with Crippen LogP contribution in [0.2, 0.25) is 5.02 Å². The average Bonchev–Trinajstić information content (AvgIpc) is 2.32. The van der Waals surface area contributed by atoms with Crippen LogP contribution in [0.15, 0.2) is 18.2 Å². The Hall–Kier alpha value is -1.48. The number of nitrogens with zero attached hydrogens (tertiary/aromatic N) is 1. The number of nitrogens with one attached hydrogen (secondary N) is 1. The summed E-state index contributed by atoms with van der Waals surface area (Å²) in [5.74, 6) is -0.416. The standard InChI is InChI=1S/C12H14ClF3N2O3S/c1-8(19)17-5-6-18(22(2,20)21)11-4-3-9(13)7-10(11)12(14,15)16/h3-4,7H,5-6H2,1-2H3,(H,17,19). The molecule has 1 amide bonds. The molecule has 0 bridgehead atoms. The Bertz CT molecular complexity index is 662. The first-order chi connectivity index (χ1) is 9.93. The number of rotatable bonds is 5. The van der Waals surface area contributed by atoms with E-state index >= 15 is 0 Å². The van der Waals surface area contributed by atoms with Crippen molar-refractivity contribution >= 4 is 33.2 Å². The topological polar surface area (TPSA) is 66.5 Å². The SMILES string of the molecule is CC(=O)NCCN(c1ccc(Cl)cc1C(F)(F)F)S(C)(=O)=O. The lowest BCUT2D eigenvalue weighted by molar-refractivity contribution is -0.137. The van der Waals surface area contributed by atoms with Crippen molar-refractivity contribution in [2.75, 3.05) is 23.7 Å². The second-order valence-electron chi connectivity index (χ2n) is 4.48. The number of hydrogen-bond donors (Lipinski definition) is 1. The second-order valence-corrected chi connectivity index (χ2v) is 6.82. The maximum absolute atomic E-state index is 13.1. The van der Waals surface area contributed by atoms with Gasteiger partial charge in [-0.1, -0.05) is 11.6 Å². The number of amides is 1. The summed E-state index contributed by atoms with van der Waals surface area (Å²) in [6.45, 7) is 0.764. The third-order valence-electron chi connectivity index (χ3n) is 2.62. The molecule has 0 aliphatic carbocycles. The van der Waals surface area contributed by atoms with Crippen LogP contribution in [0.25, 0.3) is 0 Å². The van der Waals surface area contributed by atoms with Gasteiger partial charge in [0.15, 0.2) is 0 Å². The summed E-state index contributed by atoms with van der Waals surface area (Å²) in [6.07, 6.45) is -3.98. The van der Waals surface area contributed by atoms with Crippen molar-refractivity contribution in [1.82, 2.24) is 5.32 Å². The highest BCUT2D eigenvalue weighted by Gasteiger charge is 2.36. The van der Waals surface area contributed by atoms with Crippen molar-refractivity contribution in [2.24, 2.45) is 0 Å². The van der Waals surface area contributed by atoms with Crippen molar-refractivity contribution < 1.29 is 26.4 Å². The van der Waals surface area contributed by atoms with Crippen LogP contribution in [0, 0.1) is 0 Å². The molecule has 0 unspecified atom stereocenters. The fraction of sp³-hybridized carbons (Fsp3) is 0.417. The third kappa shape index (κ3) is 5.06. The molecule has 0 aliphatic heterocycles. The molecule has 0 heterocycles. The summed E-state index contributed by atoms with van der Waals surface area (Å²) in [6, 6.07) is 2.82. The van der Waals surface area contributed by atoms with Gasteiger partial charge in [0.05, 0.1) is 24.1 Å². The molecular weight excluding hydrogens is 345 g/mol. The fourth-order valence-electron chi connectivity index (χ4n) is 1.75. The number of anilines is 1. The van der Waals surface area contributed by atoms with Crippen molar-refractivity contribution in [3.8, 4) is 0 Å². The van der Waals surface area contributed by atoms with Crippen molar-refractivity contribution in [3.05, 3.63) is 28.8 Å². The minimum atomic E-state index is -4.77. The molecule has 10 heteroatoms. The second kappa shape index (κ2) is 6.74. The highest BCUT2D eigenvalue weighted by Crippen LogP contribution is 2.38. The van der Waals surface area contributed by atoms with E-state index in [4.69, 9.17) is 11.6 Å². The van der Waals surface area contributed by atoms with E-state index in [1.165, 1.54) is 13.0 Å². The Morgan fingerprint density at radius 1 is 1.36 bits per heavy atom. The molecule has 0 spiro atoms. The predicted octanol–water partition coefficient (Wildman–Crippen LogP) is 2.26. The molecular formula is C12H14ClF3N2O3S. The number of carbonyl (C=O) groups excluding carboxylic acids is 1. The molecule has 0 saturated carbocycles.